The molecular weight excluding hydrogens is 388 g/mol. The molecule has 28 heavy (non-hydrogen) atoms. The Balaban J connectivity index is 1.60. The Morgan fingerprint density at radius 3 is 2.50 bits per heavy atom. The fourth-order valence-corrected chi connectivity index (χ4v) is 4.16. The molecule has 0 aliphatic carbocycles. The van der Waals surface area contributed by atoms with E-state index in [0.717, 1.165) is 5.75 Å². The number of thioether (sulfide) groups is 1. The standard InChI is InChI=1S/C22H22N2O2S2/c1-16-9-11-17(12-10-16)27-15-13-23-21(25)18-6-3-4-7-19(18)24(2)22(26)20-8-5-14-28-20/h3-12,14H,13,15H2,1-2H3,(H,23,25). The van der Waals surface area contributed by atoms with Crippen molar-refractivity contribution in [2.45, 2.75) is 11.8 Å². The first-order valence-corrected chi connectivity index (χ1v) is 10.8. The highest BCUT2D eigenvalue weighted by Crippen LogP contribution is 2.23. The topological polar surface area (TPSA) is 49.4 Å². The minimum atomic E-state index is -0.175. The molecule has 0 aliphatic heterocycles. The monoisotopic (exact) mass is 410 g/mol. The minimum Gasteiger partial charge on any atom is -0.351 e. The van der Waals surface area contributed by atoms with Gasteiger partial charge in [0.15, 0.2) is 0 Å². The highest BCUT2D eigenvalue weighted by molar-refractivity contribution is 7.99. The van der Waals surface area contributed by atoms with Gasteiger partial charge in [0.1, 0.15) is 0 Å². The summed E-state index contributed by atoms with van der Waals surface area (Å²) in [5, 5.41) is 4.82. The molecule has 0 saturated carbocycles. The maximum atomic E-state index is 12.7. The molecule has 2 aromatic carbocycles. The number of aryl methyl sites for hydroxylation is 1. The van der Waals surface area contributed by atoms with Gasteiger partial charge in [0, 0.05) is 24.2 Å². The van der Waals surface area contributed by atoms with Crippen LogP contribution < -0.4 is 10.2 Å². The molecule has 0 fully saturated rings. The highest BCUT2D eigenvalue weighted by Gasteiger charge is 2.19. The third-order valence-electron chi connectivity index (χ3n) is 4.22. The van der Waals surface area contributed by atoms with Crippen molar-refractivity contribution in [1.82, 2.24) is 5.32 Å². The second kappa shape index (κ2) is 9.57. The quantitative estimate of drug-likeness (QED) is 0.447. The number of hydrogen-bond donors (Lipinski definition) is 1. The van der Waals surface area contributed by atoms with E-state index in [-0.39, 0.29) is 11.8 Å². The molecule has 144 valence electrons. The number of carbonyl (C=O) groups is 2. The van der Waals surface area contributed by atoms with Gasteiger partial charge < -0.3 is 10.2 Å². The average Bonchev–Trinajstić information content (AvgIpc) is 3.26. The zero-order chi connectivity index (χ0) is 19.9. The summed E-state index contributed by atoms with van der Waals surface area (Å²) >= 11 is 3.09. The predicted octanol–water partition coefficient (Wildman–Crippen LogP) is 4.86. The van der Waals surface area contributed by atoms with Crippen LogP contribution in [0.4, 0.5) is 5.69 Å². The van der Waals surface area contributed by atoms with Gasteiger partial charge in [-0.1, -0.05) is 35.9 Å². The molecule has 3 rings (SSSR count). The number of hydrogen-bond acceptors (Lipinski definition) is 4. The van der Waals surface area contributed by atoms with E-state index in [2.05, 4.69) is 36.5 Å². The maximum Gasteiger partial charge on any atom is 0.268 e. The number of thiophene rings is 1. The summed E-state index contributed by atoms with van der Waals surface area (Å²) in [5.74, 6) is 0.483. The zero-order valence-electron chi connectivity index (χ0n) is 15.8. The third-order valence-corrected chi connectivity index (χ3v) is 6.10. The van der Waals surface area contributed by atoms with Crippen molar-refractivity contribution < 1.29 is 9.59 Å². The average molecular weight is 411 g/mol. The molecule has 6 heteroatoms. The van der Waals surface area contributed by atoms with Gasteiger partial charge in [0.05, 0.1) is 16.1 Å². The van der Waals surface area contributed by atoms with Crippen LogP contribution in [0.15, 0.2) is 70.9 Å². The molecule has 1 heterocycles. The van der Waals surface area contributed by atoms with Crippen molar-refractivity contribution in [3.63, 3.8) is 0 Å². The molecule has 1 N–H and O–H groups in total. The molecule has 0 radical (unpaired) electrons. The van der Waals surface area contributed by atoms with Crippen LogP contribution in [0.5, 0.6) is 0 Å². The second-order valence-electron chi connectivity index (χ2n) is 6.28. The van der Waals surface area contributed by atoms with Gasteiger partial charge in [-0.3, -0.25) is 9.59 Å². The molecule has 0 saturated heterocycles. The summed E-state index contributed by atoms with van der Waals surface area (Å²) < 4.78 is 0. The molecule has 1 aromatic heterocycles. The normalized spacial score (nSPS) is 10.5. The van der Waals surface area contributed by atoms with Gasteiger partial charge in [-0.15, -0.1) is 23.1 Å². The largest absolute Gasteiger partial charge is 0.351 e. The third kappa shape index (κ3) is 5.03. The number of anilines is 1. The molecule has 0 bridgehead atoms. The molecule has 0 atom stereocenters. The predicted molar refractivity (Wildman–Crippen MR) is 118 cm³/mol. The number of nitrogens with zero attached hydrogens (tertiary/aromatic N) is 1. The lowest BCUT2D eigenvalue weighted by Gasteiger charge is -2.19. The Bertz CT molecular complexity index is 937. The summed E-state index contributed by atoms with van der Waals surface area (Å²) in [5.41, 5.74) is 2.33. The van der Waals surface area contributed by atoms with Crippen LogP contribution in [0.1, 0.15) is 25.6 Å². The van der Waals surface area contributed by atoms with Crippen LogP contribution in [0.25, 0.3) is 0 Å². The van der Waals surface area contributed by atoms with E-state index in [1.165, 1.54) is 26.7 Å². The van der Waals surface area contributed by atoms with Crippen LogP contribution in [-0.2, 0) is 0 Å². The van der Waals surface area contributed by atoms with Crippen molar-refractivity contribution >= 4 is 40.6 Å². The smallest absolute Gasteiger partial charge is 0.268 e. The van der Waals surface area contributed by atoms with Gasteiger partial charge in [-0.05, 0) is 42.6 Å². The van der Waals surface area contributed by atoms with Gasteiger partial charge in [0.2, 0.25) is 0 Å². The highest BCUT2D eigenvalue weighted by atomic mass is 32.2. The number of rotatable bonds is 7. The van der Waals surface area contributed by atoms with E-state index in [1.54, 1.807) is 37.0 Å². The summed E-state index contributed by atoms with van der Waals surface area (Å²) in [6, 6.07) is 19.1. The summed E-state index contributed by atoms with van der Waals surface area (Å²) in [6.07, 6.45) is 0. The number of carbonyl (C=O) groups excluding carboxylic acids is 2. The molecule has 0 spiro atoms. The zero-order valence-corrected chi connectivity index (χ0v) is 17.5. The first kappa shape index (κ1) is 20.2. The van der Waals surface area contributed by atoms with Crippen LogP contribution in [0, 0.1) is 6.92 Å². The Labute approximate surface area is 173 Å². The molecule has 3 aromatic rings. The Hall–Kier alpha value is -2.57. The Morgan fingerprint density at radius 2 is 1.79 bits per heavy atom. The number of benzene rings is 2. The van der Waals surface area contributed by atoms with Crippen molar-refractivity contribution in [3.8, 4) is 0 Å². The lowest BCUT2D eigenvalue weighted by Crippen LogP contribution is -2.31. The SMILES string of the molecule is Cc1ccc(SCCNC(=O)c2ccccc2N(C)C(=O)c2cccs2)cc1. The number of para-hydroxylation sites is 1. The fourth-order valence-electron chi connectivity index (χ4n) is 2.70. The lowest BCUT2D eigenvalue weighted by molar-refractivity contribution is 0.0956. The maximum absolute atomic E-state index is 12.7. The summed E-state index contributed by atoms with van der Waals surface area (Å²) in [4.78, 5) is 28.7. The summed E-state index contributed by atoms with van der Waals surface area (Å²) in [7, 11) is 1.70. The van der Waals surface area contributed by atoms with E-state index < -0.39 is 0 Å². The fraction of sp³-hybridized carbons (Fsp3) is 0.182. The van der Waals surface area contributed by atoms with E-state index in [0.29, 0.717) is 22.7 Å². The molecule has 0 unspecified atom stereocenters. The molecular formula is C22H22N2O2S2. The van der Waals surface area contributed by atoms with Crippen LogP contribution >= 0.6 is 23.1 Å². The van der Waals surface area contributed by atoms with Crippen molar-refractivity contribution in [2.75, 3.05) is 24.2 Å². The Kier molecular flexibility index (Phi) is 6.90. The molecule has 0 aliphatic rings. The van der Waals surface area contributed by atoms with Crippen LogP contribution in [0.3, 0.4) is 0 Å². The van der Waals surface area contributed by atoms with Crippen LogP contribution in [0.2, 0.25) is 0 Å². The number of amides is 2. The number of nitrogens with one attached hydrogen (secondary N) is 1. The first-order valence-electron chi connectivity index (χ1n) is 8.94. The van der Waals surface area contributed by atoms with E-state index in [9.17, 15) is 9.59 Å². The van der Waals surface area contributed by atoms with E-state index in [4.69, 9.17) is 0 Å². The second-order valence-corrected chi connectivity index (χ2v) is 8.39. The van der Waals surface area contributed by atoms with Crippen molar-refractivity contribution in [2.24, 2.45) is 0 Å². The van der Waals surface area contributed by atoms with Crippen molar-refractivity contribution in [1.29, 1.82) is 0 Å². The first-order chi connectivity index (χ1) is 13.6. The van der Waals surface area contributed by atoms with Crippen molar-refractivity contribution in [3.05, 3.63) is 82.0 Å². The molecule has 2 amide bonds. The minimum absolute atomic E-state index is 0.120. The van der Waals surface area contributed by atoms with Gasteiger partial charge in [0.25, 0.3) is 11.8 Å². The van der Waals surface area contributed by atoms with Gasteiger partial charge in [-0.2, -0.15) is 0 Å². The Morgan fingerprint density at radius 1 is 1.04 bits per heavy atom. The summed E-state index contributed by atoms with van der Waals surface area (Å²) in [6.45, 7) is 2.61. The van der Waals surface area contributed by atoms with Crippen LogP contribution in [-0.4, -0.2) is 31.2 Å². The van der Waals surface area contributed by atoms with E-state index in [1.807, 2.05) is 23.6 Å². The van der Waals surface area contributed by atoms with Gasteiger partial charge >= 0.3 is 0 Å². The van der Waals surface area contributed by atoms with Gasteiger partial charge in [-0.25, -0.2) is 0 Å². The van der Waals surface area contributed by atoms with E-state index >= 15 is 0 Å². The molecule has 4 nitrogen and oxygen atoms in total. The lowest BCUT2D eigenvalue weighted by atomic mass is 10.1.